The number of hydrogen-bond acceptors (Lipinski definition) is 3. The predicted molar refractivity (Wildman–Crippen MR) is 85.1 cm³/mol. The number of carbonyl (C=O) groups excluding carboxylic acids is 1. The van der Waals surface area contributed by atoms with Gasteiger partial charge in [0.1, 0.15) is 5.82 Å². The summed E-state index contributed by atoms with van der Waals surface area (Å²) in [6.45, 7) is 0.861. The Bertz CT molecular complexity index is 765. The van der Waals surface area contributed by atoms with Crippen LogP contribution in [0.15, 0.2) is 24.4 Å². The Morgan fingerprint density at radius 3 is 2.79 bits per heavy atom. The number of fused-ring (bicyclic) bond motifs is 1. The van der Waals surface area contributed by atoms with Crippen LogP contribution in [0.5, 0.6) is 0 Å². The minimum absolute atomic E-state index is 0.105. The topological polar surface area (TPSA) is 91.4 Å². The van der Waals surface area contributed by atoms with Gasteiger partial charge in [0.2, 0.25) is 5.91 Å². The number of benzene rings is 1. The second-order valence-corrected chi connectivity index (χ2v) is 6.19. The van der Waals surface area contributed by atoms with E-state index in [-0.39, 0.29) is 24.6 Å². The molecule has 3 N–H and O–H groups in total. The quantitative estimate of drug-likeness (QED) is 0.780. The Hall–Kier alpha value is -2.41. The fraction of sp³-hybridized carbons (Fsp3) is 0.412. The van der Waals surface area contributed by atoms with Gasteiger partial charge in [0, 0.05) is 30.3 Å². The monoisotopic (exact) mass is 334 g/mol. The van der Waals surface area contributed by atoms with Gasteiger partial charge in [-0.15, -0.1) is 0 Å². The number of carbonyl (C=O) groups is 2. The number of rotatable bonds is 5. The maximum absolute atomic E-state index is 13.2. The van der Waals surface area contributed by atoms with Crippen molar-refractivity contribution < 1.29 is 23.8 Å². The third-order valence-electron chi connectivity index (χ3n) is 4.42. The first-order chi connectivity index (χ1) is 11.5. The van der Waals surface area contributed by atoms with Crippen molar-refractivity contribution in [2.75, 3.05) is 13.2 Å². The highest BCUT2D eigenvalue weighted by Gasteiger charge is 2.36. The molecule has 1 amide bonds. The van der Waals surface area contributed by atoms with Gasteiger partial charge in [0.05, 0.1) is 18.4 Å². The molecule has 1 aliphatic rings. The van der Waals surface area contributed by atoms with Gasteiger partial charge in [-0.05, 0) is 36.6 Å². The molecule has 0 spiro atoms. The van der Waals surface area contributed by atoms with Gasteiger partial charge in [0.15, 0.2) is 0 Å². The van der Waals surface area contributed by atoms with Crippen LogP contribution in [0.25, 0.3) is 10.9 Å². The summed E-state index contributed by atoms with van der Waals surface area (Å²) >= 11 is 0. The van der Waals surface area contributed by atoms with Crippen molar-refractivity contribution in [3.8, 4) is 0 Å². The molecule has 3 rings (SSSR count). The minimum Gasteiger partial charge on any atom is -0.481 e. The van der Waals surface area contributed by atoms with Crippen LogP contribution >= 0.6 is 0 Å². The van der Waals surface area contributed by atoms with Crippen LogP contribution in [-0.4, -0.2) is 40.7 Å². The summed E-state index contributed by atoms with van der Waals surface area (Å²) in [6, 6.07) is 4.36. The number of amides is 1. The van der Waals surface area contributed by atoms with E-state index in [2.05, 4.69) is 10.3 Å². The average Bonchev–Trinajstić information content (AvgIpc) is 2.89. The highest BCUT2D eigenvalue weighted by atomic mass is 19.1. The van der Waals surface area contributed by atoms with Gasteiger partial charge in [-0.3, -0.25) is 9.59 Å². The lowest BCUT2D eigenvalue weighted by molar-refractivity contribution is -0.140. The Morgan fingerprint density at radius 2 is 2.08 bits per heavy atom. The second-order valence-electron chi connectivity index (χ2n) is 6.19. The molecule has 128 valence electrons. The largest absolute Gasteiger partial charge is 0.481 e. The van der Waals surface area contributed by atoms with Gasteiger partial charge >= 0.3 is 5.97 Å². The average molecular weight is 334 g/mol. The minimum atomic E-state index is -0.945. The summed E-state index contributed by atoms with van der Waals surface area (Å²) in [4.78, 5) is 26.5. The molecular formula is C17H19FN2O4. The Morgan fingerprint density at radius 1 is 1.33 bits per heavy atom. The van der Waals surface area contributed by atoms with Crippen LogP contribution in [0.1, 0.15) is 24.8 Å². The summed E-state index contributed by atoms with van der Waals surface area (Å²) < 4.78 is 18.5. The molecule has 0 saturated carbocycles. The van der Waals surface area contributed by atoms with E-state index in [1.54, 1.807) is 12.3 Å². The number of aliphatic carboxylic acids is 1. The van der Waals surface area contributed by atoms with Crippen LogP contribution in [0.4, 0.5) is 4.39 Å². The lowest BCUT2D eigenvalue weighted by Gasteiger charge is -2.36. The lowest BCUT2D eigenvalue weighted by Crippen LogP contribution is -2.53. The number of H-pyrrole nitrogens is 1. The molecule has 2 heterocycles. The van der Waals surface area contributed by atoms with Crippen LogP contribution in [0.3, 0.4) is 0 Å². The fourth-order valence-corrected chi connectivity index (χ4v) is 3.22. The van der Waals surface area contributed by atoms with Crippen molar-refractivity contribution in [1.29, 1.82) is 0 Å². The molecule has 24 heavy (non-hydrogen) atoms. The molecule has 1 aliphatic heterocycles. The number of halogens is 1. The number of aromatic nitrogens is 1. The molecule has 7 heteroatoms. The molecule has 1 fully saturated rings. The van der Waals surface area contributed by atoms with E-state index in [0.29, 0.717) is 31.6 Å². The summed E-state index contributed by atoms with van der Waals surface area (Å²) in [5.74, 6) is -1.54. The fourth-order valence-electron chi connectivity index (χ4n) is 3.22. The Labute approximate surface area is 138 Å². The first-order valence-corrected chi connectivity index (χ1v) is 7.83. The first kappa shape index (κ1) is 16.4. The molecule has 1 aromatic heterocycles. The summed E-state index contributed by atoms with van der Waals surface area (Å²) in [5.41, 5.74) is 0.614. The van der Waals surface area contributed by atoms with Crippen LogP contribution in [0, 0.1) is 5.82 Å². The van der Waals surface area contributed by atoms with Crippen molar-refractivity contribution in [3.63, 3.8) is 0 Å². The number of carboxylic acid groups (broad SMARTS) is 1. The predicted octanol–water partition coefficient (Wildman–Crippen LogP) is 1.99. The van der Waals surface area contributed by atoms with E-state index in [1.165, 1.54) is 12.1 Å². The number of ether oxygens (including phenoxy) is 1. The third-order valence-corrected chi connectivity index (χ3v) is 4.42. The molecule has 0 atom stereocenters. The van der Waals surface area contributed by atoms with Gasteiger partial charge in [0.25, 0.3) is 0 Å². The molecule has 0 unspecified atom stereocenters. The molecule has 0 bridgehead atoms. The number of aromatic amines is 1. The first-order valence-electron chi connectivity index (χ1n) is 7.83. The van der Waals surface area contributed by atoms with Crippen molar-refractivity contribution in [1.82, 2.24) is 10.3 Å². The van der Waals surface area contributed by atoms with Gasteiger partial charge in [-0.1, -0.05) is 0 Å². The number of carboxylic acids is 1. The van der Waals surface area contributed by atoms with E-state index >= 15 is 0 Å². The zero-order chi connectivity index (χ0) is 17.2. The highest BCUT2D eigenvalue weighted by Crippen LogP contribution is 2.25. The molecular weight excluding hydrogens is 315 g/mol. The Kier molecular flexibility index (Phi) is 4.53. The SMILES string of the molecule is O=C(O)CC1(NC(=O)Cc2c[nH]c3cc(F)ccc23)CCOCC1. The van der Waals surface area contributed by atoms with Crippen molar-refractivity contribution in [3.05, 3.63) is 35.8 Å². The molecule has 2 aromatic rings. The number of hydrogen-bond donors (Lipinski definition) is 3. The highest BCUT2D eigenvalue weighted by molar-refractivity contribution is 5.89. The van der Waals surface area contributed by atoms with Crippen molar-refractivity contribution in [2.45, 2.75) is 31.2 Å². The summed E-state index contributed by atoms with van der Waals surface area (Å²) in [7, 11) is 0. The zero-order valence-corrected chi connectivity index (χ0v) is 13.1. The Balaban J connectivity index is 1.74. The maximum Gasteiger partial charge on any atom is 0.305 e. The van der Waals surface area contributed by atoms with Crippen LogP contribution in [-0.2, 0) is 20.7 Å². The van der Waals surface area contributed by atoms with E-state index in [1.807, 2.05) is 0 Å². The normalized spacial score (nSPS) is 16.9. The number of nitrogens with one attached hydrogen (secondary N) is 2. The molecule has 1 saturated heterocycles. The molecule has 1 aromatic carbocycles. The molecule has 0 radical (unpaired) electrons. The summed E-state index contributed by atoms with van der Waals surface area (Å²) in [6.07, 6.45) is 2.61. The molecule has 0 aliphatic carbocycles. The van der Waals surface area contributed by atoms with Crippen LogP contribution < -0.4 is 5.32 Å². The van der Waals surface area contributed by atoms with E-state index in [0.717, 1.165) is 10.9 Å². The lowest BCUT2D eigenvalue weighted by atomic mass is 9.86. The van der Waals surface area contributed by atoms with Crippen molar-refractivity contribution >= 4 is 22.8 Å². The van der Waals surface area contributed by atoms with Gasteiger partial charge in [-0.2, -0.15) is 0 Å². The standard InChI is InChI=1S/C17H19FN2O4/c18-12-1-2-13-11(10-19-14(13)8-12)7-15(21)20-17(9-16(22)23)3-5-24-6-4-17/h1-2,8,10,19H,3-7,9H2,(H,20,21)(H,22,23). The van der Waals surface area contributed by atoms with E-state index in [9.17, 15) is 14.0 Å². The molecule has 6 nitrogen and oxygen atoms in total. The van der Waals surface area contributed by atoms with E-state index in [4.69, 9.17) is 9.84 Å². The van der Waals surface area contributed by atoms with Crippen LogP contribution in [0.2, 0.25) is 0 Å². The van der Waals surface area contributed by atoms with Gasteiger partial charge in [-0.25, -0.2) is 4.39 Å². The maximum atomic E-state index is 13.2. The van der Waals surface area contributed by atoms with Gasteiger partial charge < -0.3 is 20.1 Å². The van der Waals surface area contributed by atoms with Crippen molar-refractivity contribution in [2.24, 2.45) is 0 Å². The third kappa shape index (κ3) is 3.56. The van der Waals surface area contributed by atoms with E-state index < -0.39 is 11.5 Å². The summed E-state index contributed by atoms with van der Waals surface area (Å²) in [5, 5.41) is 12.8. The smallest absolute Gasteiger partial charge is 0.305 e. The second kappa shape index (κ2) is 6.60. The zero-order valence-electron chi connectivity index (χ0n) is 13.1.